The molecule has 0 unspecified atom stereocenters. The van der Waals surface area contributed by atoms with Crippen LogP contribution in [-0.2, 0) is 0 Å². The highest BCUT2D eigenvalue weighted by atomic mass is 35.5. The van der Waals surface area contributed by atoms with Crippen molar-refractivity contribution in [3.63, 3.8) is 0 Å². The van der Waals surface area contributed by atoms with Gasteiger partial charge in [0.25, 0.3) is 0 Å². The van der Waals surface area contributed by atoms with Crippen molar-refractivity contribution < 1.29 is 13.5 Å². The van der Waals surface area contributed by atoms with Gasteiger partial charge < -0.3 is 10.1 Å². The van der Waals surface area contributed by atoms with Gasteiger partial charge >= 0.3 is 6.61 Å². The van der Waals surface area contributed by atoms with Crippen molar-refractivity contribution in [1.82, 2.24) is 5.32 Å². The zero-order chi connectivity index (χ0) is 16.0. The Morgan fingerprint density at radius 3 is 2.48 bits per heavy atom. The van der Waals surface area contributed by atoms with Gasteiger partial charge in [-0.3, -0.25) is 0 Å². The maximum absolute atomic E-state index is 12.5. The summed E-state index contributed by atoms with van der Waals surface area (Å²) in [7, 11) is 0. The van der Waals surface area contributed by atoms with Crippen LogP contribution in [0.25, 0.3) is 6.08 Å². The minimum atomic E-state index is -2.85. The maximum Gasteiger partial charge on any atom is 0.387 e. The number of hydrogen-bond acceptors (Lipinski definition) is 2. The number of ether oxygens (including phenoxy) is 1. The molecule has 2 nitrogen and oxygen atoms in total. The molecule has 0 saturated heterocycles. The number of rotatable bonds is 7. The Kier molecular flexibility index (Phi) is 7.12. The van der Waals surface area contributed by atoms with Crippen LogP contribution in [-0.4, -0.2) is 19.2 Å². The molecule has 0 fully saturated rings. The number of hydrogen-bond donors (Lipinski definition) is 1. The summed E-state index contributed by atoms with van der Waals surface area (Å²) in [6, 6.07) is 4.99. The normalized spacial score (nSPS) is 12.6. The predicted octanol–water partition coefficient (Wildman–Crippen LogP) is 4.98. The molecule has 0 amide bonds. The van der Waals surface area contributed by atoms with Gasteiger partial charge in [0, 0.05) is 23.2 Å². The van der Waals surface area contributed by atoms with E-state index in [-0.39, 0.29) is 11.7 Å². The van der Waals surface area contributed by atoms with Gasteiger partial charge in [-0.25, -0.2) is 0 Å². The lowest BCUT2D eigenvalue weighted by atomic mass is 9.99. The van der Waals surface area contributed by atoms with E-state index in [1.807, 2.05) is 6.08 Å². The van der Waals surface area contributed by atoms with E-state index in [1.165, 1.54) is 12.1 Å². The molecule has 0 atom stereocenters. The standard InChI is InChI=1S/C16H22ClF2NO/c1-10(2)13(9-20-11(3)4)7-12-8-14(17)5-6-15(12)21-16(18)19/h5-8,10-11,16,20H,9H2,1-4H3. The van der Waals surface area contributed by atoms with Gasteiger partial charge in [0.15, 0.2) is 0 Å². The third-order valence-corrected chi connectivity index (χ3v) is 3.22. The highest BCUT2D eigenvalue weighted by Crippen LogP contribution is 2.28. The number of alkyl halides is 2. The molecule has 0 aromatic heterocycles. The second kappa shape index (κ2) is 8.35. The highest BCUT2D eigenvalue weighted by molar-refractivity contribution is 6.30. The van der Waals surface area contributed by atoms with Crippen molar-refractivity contribution in [2.75, 3.05) is 6.54 Å². The van der Waals surface area contributed by atoms with E-state index in [0.717, 1.165) is 5.57 Å². The lowest BCUT2D eigenvalue weighted by Crippen LogP contribution is -2.26. The van der Waals surface area contributed by atoms with Gasteiger partial charge in [0.2, 0.25) is 0 Å². The first kappa shape index (κ1) is 17.9. The van der Waals surface area contributed by atoms with Crippen molar-refractivity contribution in [2.45, 2.75) is 40.3 Å². The summed E-state index contributed by atoms with van der Waals surface area (Å²) in [5, 5.41) is 3.82. The van der Waals surface area contributed by atoms with E-state index in [2.05, 4.69) is 37.7 Å². The summed E-state index contributed by atoms with van der Waals surface area (Å²) in [6.07, 6.45) is 1.86. The van der Waals surface area contributed by atoms with Crippen LogP contribution in [0.15, 0.2) is 23.8 Å². The molecular formula is C16H22ClF2NO. The van der Waals surface area contributed by atoms with Crippen molar-refractivity contribution in [1.29, 1.82) is 0 Å². The molecule has 1 aromatic rings. The minimum Gasteiger partial charge on any atom is -0.434 e. The second-order valence-electron chi connectivity index (χ2n) is 5.47. The lowest BCUT2D eigenvalue weighted by Gasteiger charge is -2.16. The third-order valence-electron chi connectivity index (χ3n) is 2.98. The first-order valence-electron chi connectivity index (χ1n) is 6.97. The average molecular weight is 318 g/mol. The summed E-state index contributed by atoms with van der Waals surface area (Å²) < 4.78 is 29.5. The maximum atomic E-state index is 12.5. The Balaban J connectivity index is 3.09. The van der Waals surface area contributed by atoms with Gasteiger partial charge in [-0.05, 0) is 24.1 Å². The molecule has 0 aliphatic carbocycles. The van der Waals surface area contributed by atoms with E-state index >= 15 is 0 Å². The van der Waals surface area contributed by atoms with Gasteiger partial charge in [-0.15, -0.1) is 0 Å². The van der Waals surface area contributed by atoms with Crippen LogP contribution in [0.5, 0.6) is 5.75 Å². The monoisotopic (exact) mass is 317 g/mol. The smallest absolute Gasteiger partial charge is 0.387 e. The van der Waals surface area contributed by atoms with Crippen molar-refractivity contribution in [3.8, 4) is 5.75 Å². The Bertz CT molecular complexity index is 487. The van der Waals surface area contributed by atoms with E-state index in [0.29, 0.717) is 23.2 Å². The molecular weight excluding hydrogens is 296 g/mol. The first-order chi connectivity index (χ1) is 9.79. The van der Waals surface area contributed by atoms with Crippen LogP contribution in [0.3, 0.4) is 0 Å². The van der Waals surface area contributed by atoms with Gasteiger partial charge in [-0.2, -0.15) is 8.78 Å². The summed E-state index contributed by atoms with van der Waals surface area (Å²) in [5.74, 6) is 0.423. The molecule has 0 saturated carbocycles. The van der Waals surface area contributed by atoms with Gasteiger partial charge in [-0.1, -0.05) is 50.9 Å². The third kappa shape index (κ3) is 6.44. The Hall–Kier alpha value is -1.13. The van der Waals surface area contributed by atoms with Crippen molar-refractivity contribution in [3.05, 3.63) is 34.4 Å². The summed E-state index contributed by atoms with van der Waals surface area (Å²) in [4.78, 5) is 0. The second-order valence-corrected chi connectivity index (χ2v) is 5.91. The molecule has 0 aliphatic heterocycles. The van der Waals surface area contributed by atoms with Crippen LogP contribution in [0, 0.1) is 5.92 Å². The molecule has 0 radical (unpaired) electrons. The molecule has 1 aromatic carbocycles. The summed E-state index contributed by atoms with van der Waals surface area (Å²) in [6.45, 7) is 6.08. The quantitative estimate of drug-likeness (QED) is 0.766. The fourth-order valence-electron chi connectivity index (χ4n) is 1.78. The SMILES string of the molecule is CC(C)NCC(=Cc1cc(Cl)ccc1OC(F)F)C(C)C. The molecule has 5 heteroatoms. The molecule has 21 heavy (non-hydrogen) atoms. The van der Waals surface area contributed by atoms with Crippen LogP contribution >= 0.6 is 11.6 Å². The highest BCUT2D eigenvalue weighted by Gasteiger charge is 2.11. The van der Waals surface area contributed by atoms with E-state index in [9.17, 15) is 8.78 Å². The van der Waals surface area contributed by atoms with Gasteiger partial charge in [0.1, 0.15) is 5.75 Å². The van der Waals surface area contributed by atoms with Crippen LogP contribution in [0.2, 0.25) is 5.02 Å². The molecule has 1 N–H and O–H groups in total. The van der Waals surface area contributed by atoms with Gasteiger partial charge in [0.05, 0.1) is 0 Å². The zero-order valence-corrected chi connectivity index (χ0v) is 13.5. The lowest BCUT2D eigenvalue weighted by molar-refractivity contribution is -0.0499. The van der Waals surface area contributed by atoms with E-state index < -0.39 is 6.61 Å². The van der Waals surface area contributed by atoms with Crippen LogP contribution in [0.1, 0.15) is 33.3 Å². The predicted molar refractivity (Wildman–Crippen MR) is 84.0 cm³/mol. The molecule has 118 valence electrons. The minimum absolute atomic E-state index is 0.136. The van der Waals surface area contributed by atoms with E-state index in [4.69, 9.17) is 11.6 Å². The van der Waals surface area contributed by atoms with E-state index in [1.54, 1.807) is 6.07 Å². The Morgan fingerprint density at radius 2 is 1.95 bits per heavy atom. The van der Waals surface area contributed by atoms with Crippen molar-refractivity contribution >= 4 is 17.7 Å². The molecule has 0 heterocycles. The number of halogens is 3. The topological polar surface area (TPSA) is 21.3 Å². The number of nitrogens with one attached hydrogen (secondary N) is 1. The Morgan fingerprint density at radius 1 is 1.29 bits per heavy atom. The first-order valence-corrected chi connectivity index (χ1v) is 7.35. The Labute approximate surface area is 130 Å². The molecule has 1 rings (SSSR count). The number of benzene rings is 1. The summed E-state index contributed by atoms with van der Waals surface area (Å²) in [5.41, 5.74) is 1.67. The largest absolute Gasteiger partial charge is 0.434 e. The van der Waals surface area contributed by atoms with Crippen LogP contribution < -0.4 is 10.1 Å². The van der Waals surface area contributed by atoms with Crippen LogP contribution in [0.4, 0.5) is 8.78 Å². The average Bonchev–Trinajstić information content (AvgIpc) is 2.36. The molecule has 0 spiro atoms. The van der Waals surface area contributed by atoms with Crippen molar-refractivity contribution in [2.24, 2.45) is 5.92 Å². The molecule has 0 aliphatic rings. The summed E-state index contributed by atoms with van der Waals surface area (Å²) >= 11 is 5.96. The zero-order valence-electron chi connectivity index (χ0n) is 12.8. The fourth-order valence-corrected chi connectivity index (χ4v) is 1.96. The molecule has 0 bridgehead atoms. The fraction of sp³-hybridized carbons (Fsp3) is 0.500.